The first-order valence-corrected chi connectivity index (χ1v) is 7.09. The molecule has 0 aromatic heterocycles. The van der Waals surface area contributed by atoms with Crippen LogP contribution in [0, 0.1) is 0 Å². The van der Waals surface area contributed by atoms with Crippen molar-refractivity contribution in [3.8, 4) is 5.75 Å². The standard InChI is InChI=1S/C15H23N3O2/c1-3-13(18-8-6-17-7-9-18)15(19)11-4-5-14(20-2)12(16)10-11/h4-5,10,13,17H,3,6-9,16H2,1-2H3. The predicted octanol–water partition coefficient (Wildman–Crippen LogP) is 1.14. The molecule has 1 aromatic rings. The fourth-order valence-electron chi connectivity index (χ4n) is 2.68. The van der Waals surface area contributed by atoms with E-state index in [9.17, 15) is 4.79 Å². The van der Waals surface area contributed by atoms with E-state index >= 15 is 0 Å². The molecule has 1 fully saturated rings. The molecular weight excluding hydrogens is 254 g/mol. The molecule has 0 radical (unpaired) electrons. The van der Waals surface area contributed by atoms with Crippen molar-refractivity contribution in [3.63, 3.8) is 0 Å². The van der Waals surface area contributed by atoms with Gasteiger partial charge in [-0.15, -0.1) is 0 Å². The number of carbonyl (C=O) groups is 1. The second kappa shape index (κ2) is 6.72. The van der Waals surface area contributed by atoms with Crippen LogP contribution in [-0.2, 0) is 0 Å². The molecule has 2 rings (SSSR count). The second-order valence-corrected chi connectivity index (χ2v) is 5.03. The fraction of sp³-hybridized carbons (Fsp3) is 0.533. The summed E-state index contributed by atoms with van der Waals surface area (Å²) in [4.78, 5) is 14.9. The SMILES string of the molecule is CCC(C(=O)c1ccc(OC)c(N)c1)N1CCNCC1. The zero-order valence-corrected chi connectivity index (χ0v) is 12.2. The Morgan fingerprint density at radius 3 is 2.70 bits per heavy atom. The molecule has 1 heterocycles. The maximum absolute atomic E-state index is 12.7. The van der Waals surface area contributed by atoms with E-state index in [2.05, 4.69) is 17.1 Å². The maximum Gasteiger partial charge on any atom is 0.180 e. The van der Waals surface area contributed by atoms with Crippen LogP contribution in [0.5, 0.6) is 5.75 Å². The van der Waals surface area contributed by atoms with Gasteiger partial charge in [-0.25, -0.2) is 0 Å². The zero-order chi connectivity index (χ0) is 14.5. The van der Waals surface area contributed by atoms with Gasteiger partial charge in [-0.1, -0.05) is 6.92 Å². The summed E-state index contributed by atoms with van der Waals surface area (Å²) in [5.74, 6) is 0.750. The van der Waals surface area contributed by atoms with Gasteiger partial charge < -0.3 is 15.8 Å². The highest BCUT2D eigenvalue weighted by Crippen LogP contribution is 2.23. The summed E-state index contributed by atoms with van der Waals surface area (Å²) in [7, 11) is 1.57. The number of nitrogen functional groups attached to an aromatic ring is 1. The van der Waals surface area contributed by atoms with Gasteiger partial charge in [0.1, 0.15) is 5.75 Å². The Morgan fingerprint density at radius 1 is 1.45 bits per heavy atom. The lowest BCUT2D eigenvalue weighted by molar-refractivity contribution is 0.0790. The summed E-state index contributed by atoms with van der Waals surface area (Å²) in [6.45, 7) is 5.76. The molecule has 0 bridgehead atoms. The lowest BCUT2D eigenvalue weighted by Crippen LogP contribution is -2.51. The Labute approximate surface area is 120 Å². The van der Waals surface area contributed by atoms with Gasteiger partial charge in [0.2, 0.25) is 0 Å². The number of anilines is 1. The Hall–Kier alpha value is -1.59. The van der Waals surface area contributed by atoms with Crippen LogP contribution in [0.2, 0.25) is 0 Å². The Balaban J connectivity index is 2.17. The molecule has 1 unspecified atom stereocenters. The molecule has 0 aliphatic carbocycles. The van der Waals surface area contributed by atoms with Crippen molar-refractivity contribution in [1.29, 1.82) is 0 Å². The molecule has 1 aromatic carbocycles. The third kappa shape index (κ3) is 3.11. The molecule has 1 atom stereocenters. The van der Waals surface area contributed by atoms with Crippen LogP contribution in [0.4, 0.5) is 5.69 Å². The molecule has 0 amide bonds. The van der Waals surface area contributed by atoms with E-state index in [4.69, 9.17) is 10.5 Å². The summed E-state index contributed by atoms with van der Waals surface area (Å²) in [5.41, 5.74) is 7.06. The number of benzene rings is 1. The van der Waals surface area contributed by atoms with Gasteiger partial charge in [0.25, 0.3) is 0 Å². The van der Waals surface area contributed by atoms with E-state index in [1.807, 2.05) is 0 Å². The minimum Gasteiger partial charge on any atom is -0.495 e. The largest absolute Gasteiger partial charge is 0.495 e. The predicted molar refractivity (Wildman–Crippen MR) is 80.3 cm³/mol. The van der Waals surface area contributed by atoms with Gasteiger partial charge in [0, 0.05) is 31.7 Å². The van der Waals surface area contributed by atoms with Crippen molar-refractivity contribution in [3.05, 3.63) is 23.8 Å². The highest BCUT2D eigenvalue weighted by Gasteiger charge is 2.26. The average molecular weight is 277 g/mol. The number of hydrogen-bond donors (Lipinski definition) is 2. The van der Waals surface area contributed by atoms with Crippen LogP contribution in [0.3, 0.4) is 0 Å². The first-order chi connectivity index (χ1) is 9.67. The van der Waals surface area contributed by atoms with Gasteiger partial charge in [-0.05, 0) is 24.6 Å². The smallest absolute Gasteiger partial charge is 0.180 e. The molecule has 20 heavy (non-hydrogen) atoms. The van der Waals surface area contributed by atoms with Crippen molar-refractivity contribution in [2.75, 3.05) is 39.0 Å². The minimum atomic E-state index is -0.0649. The van der Waals surface area contributed by atoms with Crippen molar-refractivity contribution < 1.29 is 9.53 Å². The normalized spacial score (nSPS) is 17.7. The van der Waals surface area contributed by atoms with E-state index in [0.717, 1.165) is 32.6 Å². The molecule has 0 spiro atoms. The molecule has 0 saturated carbocycles. The van der Waals surface area contributed by atoms with Crippen molar-refractivity contribution in [2.24, 2.45) is 0 Å². The number of nitrogens with zero attached hydrogens (tertiary/aromatic N) is 1. The number of nitrogens with one attached hydrogen (secondary N) is 1. The Bertz CT molecular complexity index is 470. The molecule has 5 nitrogen and oxygen atoms in total. The van der Waals surface area contributed by atoms with Crippen molar-refractivity contribution in [1.82, 2.24) is 10.2 Å². The first kappa shape index (κ1) is 14.8. The van der Waals surface area contributed by atoms with Gasteiger partial charge in [-0.2, -0.15) is 0 Å². The summed E-state index contributed by atoms with van der Waals surface area (Å²) < 4.78 is 5.13. The topological polar surface area (TPSA) is 67.6 Å². The average Bonchev–Trinajstić information content (AvgIpc) is 2.49. The van der Waals surface area contributed by atoms with Gasteiger partial charge >= 0.3 is 0 Å². The van der Waals surface area contributed by atoms with Gasteiger partial charge in [0.15, 0.2) is 5.78 Å². The maximum atomic E-state index is 12.7. The molecule has 3 N–H and O–H groups in total. The number of ketones is 1. The number of carbonyl (C=O) groups excluding carboxylic acids is 1. The minimum absolute atomic E-state index is 0.0649. The molecule has 1 saturated heterocycles. The van der Waals surface area contributed by atoms with E-state index < -0.39 is 0 Å². The number of rotatable bonds is 5. The van der Waals surface area contributed by atoms with Crippen LogP contribution < -0.4 is 15.8 Å². The number of hydrogen-bond acceptors (Lipinski definition) is 5. The highest BCUT2D eigenvalue weighted by atomic mass is 16.5. The molecular formula is C15H23N3O2. The first-order valence-electron chi connectivity index (χ1n) is 7.09. The fourth-order valence-corrected chi connectivity index (χ4v) is 2.68. The van der Waals surface area contributed by atoms with E-state index in [1.165, 1.54) is 0 Å². The molecule has 110 valence electrons. The summed E-state index contributed by atoms with van der Waals surface area (Å²) in [5, 5.41) is 3.31. The van der Waals surface area contributed by atoms with Crippen molar-refractivity contribution >= 4 is 11.5 Å². The molecule has 1 aliphatic rings. The zero-order valence-electron chi connectivity index (χ0n) is 12.2. The Morgan fingerprint density at radius 2 is 2.15 bits per heavy atom. The molecule has 5 heteroatoms. The van der Waals surface area contributed by atoms with Crippen LogP contribution >= 0.6 is 0 Å². The van der Waals surface area contributed by atoms with E-state index in [1.54, 1.807) is 25.3 Å². The summed E-state index contributed by atoms with van der Waals surface area (Å²) in [6.07, 6.45) is 0.810. The summed E-state index contributed by atoms with van der Waals surface area (Å²) >= 11 is 0. The number of methoxy groups -OCH3 is 1. The lowest BCUT2D eigenvalue weighted by atomic mass is 9.99. The second-order valence-electron chi connectivity index (χ2n) is 5.03. The number of Topliss-reactive ketones (excluding diaryl/α,β-unsaturated/α-hetero) is 1. The monoisotopic (exact) mass is 277 g/mol. The number of piperazine rings is 1. The Kier molecular flexibility index (Phi) is 4.98. The van der Waals surface area contributed by atoms with E-state index in [0.29, 0.717) is 17.0 Å². The third-order valence-electron chi connectivity index (χ3n) is 3.80. The quantitative estimate of drug-likeness (QED) is 0.624. The van der Waals surface area contributed by atoms with E-state index in [-0.39, 0.29) is 11.8 Å². The number of nitrogens with two attached hydrogens (primary N) is 1. The van der Waals surface area contributed by atoms with Crippen LogP contribution in [0.15, 0.2) is 18.2 Å². The molecule has 1 aliphatic heterocycles. The third-order valence-corrected chi connectivity index (χ3v) is 3.80. The van der Waals surface area contributed by atoms with Crippen LogP contribution in [0.1, 0.15) is 23.7 Å². The van der Waals surface area contributed by atoms with Crippen LogP contribution in [0.25, 0.3) is 0 Å². The van der Waals surface area contributed by atoms with Crippen molar-refractivity contribution in [2.45, 2.75) is 19.4 Å². The highest BCUT2D eigenvalue weighted by molar-refractivity contribution is 6.01. The van der Waals surface area contributed by atoms with Crippen LogP contribution in [-0.4, -0.2) is 50.0 Å². The van der Waals surface area contributed by atoms with Gasteiger partial charge in [-0.3, -0.25) is 9.69 Å². The number of ether oxygens (including phenoxy) is 1. The van der Waals surface area contributed by atoms with Gasteiger partial charge in [0.05, 0.1) is 18.8 Å². The lowest BCUT2D eigenvalue weighted by Gasteiger charge is -2.33. The summed E-state index contributed by atoms with van der Waals surface area (Å²) in [6, 6.07) is 5.20.